The van der Waals surface area contributed by atoms with Gasteiger partial charge >= 0.3 is 5.97 Å². The highest BCUT2D eigenvalue weighted by atomic mass is 32.1. The molecule has 1 fully saturated rings. The van der Waals surface area contributed by atoms with Crippen molar-refractivity contribution in [1.29, 1.82) is 0 Å². The summed E-state index contributed by atoms with van der Waals surface area (Å²) in [5.41, 5.74) is 1.85. The maximum Gasteiger partial charge on any atom is 0.341 e. The second-order valence-electron chi connectivity index (χ2n) is 7.49. The molecule has 1 amide bonds. The van der Waals surface area contributed by atoms with Gasteiger partial charge < -0.3 is 10.1 Å². The smallest absolute Gasteiger partial charge is 0.341 e. The summed E-state index contributed by atoms with van der Waals surface area (Å²) in [5, 5.41) is 3.54. The van der Waals surface area contributed by atoms with Crippen molar-refractivity contribution >= 4 is 28.2 Å². The van der Waals surface area contributed by atoms with E-state index >= 15 is 0 Å². The number of ether oxygens (including phenoxy) is 1. The molecule has 0 saturated carbocycles. The molecule has 0 unspecified atom stereocenters. The number of carbonyl (C=O) groups excluding carboxylic acids is 2. The first-order chi connectivity index (χ1) is 14.1. The van der Waals surface area contributed by atoms with Crippen LogP contribution < -0.4 is 5.32 Å². The fraction of sp³-hybridized carbons (Fsp3) is 0.478. The van der Waals surface area contributed by atoms with Gasteiger partial charge in [0.2, 0.25) is 5.91 Å². The van der Waals surface area contributed by atoms with E-state index < -0.39 is 0 Å². The Kier molecular flexibility index (Phi) is 7.83. The third-order valence-electron chi connectivity index (χ3n) is 5.32. The van der Waals surface area contributed by atoms with Gasteiger partial charge in [0.25, 0.3) is 0 Å². The standard InChI is InChI=1S/C23H30N2O3S/c1-3-19-15-20(23(27)28-4-2)22(29-19)24-21(26)16-25-12-10-18(11-13-25)14-17-8-6-5-7-9-17/h5-9,15,18H,3-4,10-14,16H2,1-2H3,(H,24,26). The SMILES string of the molecule is CCOC(=O)c1cc(CC)sc1NC(=O)CN1CCC(Cc2ccccc2)CC1. The predicted octanol–water partition coefficient (Wildman–Crippen LogP) is 4.38. The molecule has 5 nitrogen and oxygen atoms in total. The number of nitrogens with one attached hydrogen (secondary N) is 1. The van der Waals surface area contributed by atoms with Gasteiger partial charge in [-0.25, -0.2) is 4.79 Å². The number of amides is 1. The Morgan fingerprint density at radius 2 is 1.90 bits per heavy atom. The third kappa shape index (κ3) is 6.15. The minimum Gasteiger partial charge on any atom is -0.462 e. The van der Waals surface area contributed by atoms with Gasteiger partial charge in [0.05, 0.1) is 18.7 Å². The third-order valence-corrected chi connectivity index (χ3v) is 6.52. The van der Waals surface area contributed by atoms with Gasteiger partial charge in [-0.2, -0.15) is 0 Å². The molecule has 2 heterocycles. The van der Waals surface area contributed by atoms with Crippen molar-refractivity contribution in [2.75, 3.05) is 31.6 Å². The number of hydrogen-bond acceptors (Lipinski definition) is 5. The van der Waals surface area contributed by atoms with Crippen LogP contribution in [0.5, 0.6) is 0 Å². The van der Waals surface area contributed by atoms with Gasteiger partial charge in [-0.05, 0) is 63.2 Å². The lowest BCUT2D eigenvalue weighted by Gasteiger charge is -2.31. The molecule has 1 aliphatic rings. The molecule has 1 N–H and O–H groups in total. The summed E-state index contributed by atoms with van der Waals surface area (Å²) in [6.45, 7) is 6.36. The van der Waals surface area contributed by atoms with Gasteiger partial charge in [-0.3, -0.25) is 9.69 Å². The zero-order chi connectivity index (χ0) is 20.6. The number of aryl methyl sites for hydroxylation is 1. The molecule has 1 aromatic heterocycles. The summed E-state index contributed by atoms with van der Waals surface area (Å²) in [6.07, 6.45) is 4.14. The van der Waals surface area contributed by atoms with E-state index in [1.54, 1.807) is 6.92 Å². The van der Waals surface area contributed by atoms with Crippen molar-refractivity contribution in [3.05, 3.63) is 52.4 Å². The molecular weight excluding hydrogens is 384 g/mol. The number of carbonyl (C=O) groups is 2. The van der Waals surface area contributed by atoms with E-state index in [1.807, 2.05) is 13.0 Å². The van der Waals surface area contributed by atoms with E-state index in [4.69, 9.17) is 4.74 Å². The second-order valence-corrected chi connectivity index (χ2v) is 8.62. The molecule has 29 heavy (non-hydrogen) atoms. The number of nitrogens with zero attached hydrogens (tertiary/aromatic N) is 1. The number of esters is 1. The number of thiophene rings is 1. The number of rotatable bonds is 8. The van der Waals surface area contributed by atoms with Gasteiger partial charge in [-0.15, -0.1) is 11.3 Å². The quantitative estimate of drug-likeness (QED) is 0.651. The van der Waals surface area contributed by atoms with E-state index in [1.165, 1.54) is 16.9 Å². The lowest BCUT2D eigenvalue weighted by molar-refractivity contribution is -0.117. The van der Waals surface area contributed by atoms with Crippen LogP contribution in [0.3, 0.4) is 0 Å². The normalized spacial score (nSPS) is 15.2. The number of benzene rings is 1. The van der Waals surface area contributed by atoms with Crippen LogP contribution in [0.25, 0.3) is 0 Å². The van der Waals surface area contributed by atoms with E-state index in [0.29, 0.717) is 29.6 Å². The van der Waals surface area contributed by atoms with Crippen LogP contribution in [-0.4, -0.2) is 43.0 Å². The van der Waals surface area contributed by atoms with Crippen LogP contribution >= 0.6 is 11.3 Å². The second kappa shape index (κ2) is 10.6. The monoisotopic (exact) mass is 414 g/mol. The van der Waals surface area contributed by atoms with Crippen LogP contribution in [0.2, 0.25) is 0 Å². The average Bonchev–Trinajstić information content (AvgIpc) is 3.13. The molecule has 0 radical (unpaired) electrons. The molecule has 156 valence electrons. The molecule has 3 rings (SSSR count). The molecule has 1 saturated heterocycles. The average molecular weight is 415 g/mol. The number of anilines is 1. The Bertz CT molecular complexity index is 811. The lowest BCUT2D eigenvalue weighted by Crippen LogP contribution is -2.39. The Morgan fingerprint density at radius 3 is 2.55 bits per heavy atom. The van der Waals surface area contributed by atoms with Gasteiger partial charge in [0, 0.05) is 4.88 Å². The molecule has 0 atom stereocenters. The van der Waals surface area contributed by atoms with E-state index in [-0.39, 0.29) is 11.9 Å². The van der Waals surface area contributed by atoms with Crippen LogP contribution in [0.1, 0.15) is 47.5 Å². The van der Waals surface area contributed by atoms with Gasteiger partial charge in [0.1, 0.15) is 5.00 Å². The van der Waals surface area contributed by atoms with Crippen molar-refractivity contribution in [3.8, 4) is 0 Å². The molecule has 0 spiro atoms. The van der Waals surface area contributed by atoms with Crippen molar-refractivity contribution in [1.82, 2.24) is 4.90 Å². The summed E-state index contributed by atoms with van der Waals surface area (Å²) in [6, 6.07) is 12.4. The molecule has 1 aromatic carbocycles. The summed E-state index contributed by atoms with van der Waals surface area (Å²) < 4.78 is 5.12. The number of likely N-dealkylation sites (tertiary alicyclic amines) is 1. The van der Waals surface area contributed by atoms with Gasteiger partial charge in [-0.1, -0.05) is 37.3 Å². The molecule has 6 heteroatoms. The van der Waals surface area contributed by atoms with E-state index in [2.05, 4.69) is 40.5 Å². The van der Waals surface area contributed by atoms with Crippen LogP contribution in [0, 0.1) is 5.92 Å². The molecule has 0 bridgehead atoms. The van der Waals surface area contributed by atoms with Crippen molar-refractivity contribution < 1.29 is 14.3 Å². The van der Waals surface area contributed by atoms with Crippen LogP contribution in [0.4, 0.5) is 5.00 Å². The first kappa shape index (κ1) is 21.5. The minimum absolute atomic E-state index is 0.0680. The molecule has 0 aliphatic carbocycles. The highest BCUT2D eigenvalue weighted by Gasteiger charge is 2.23. The first-order valence-electron chi connectivity index (χ1n) is 10.4. The fourth-order valence-corrected chi connectivity index (χ4v) is 4.74. The highest BCUT2D eigenvalue weighted by Crippen LogP contribution is 2.29. The molecule has 2 aromatic rings. The van der Waals surface area contributed by atoms with Crippen molar-refractivity contribution in [2.24, 2.45) is 5.92 Å². The lowest BCUT2D eigenvalue weighted by atomic mass is 9.90. The van der Waals surface area contributed by atoms with Crippen LogP contribution in [0.15, 0.2) is 36.4 Å². The van der Waals surface area contributed by atoms with E-state index in [0.717, 1.165) is 43.6 Å². The summed E-state index contributed by atoms with van der Waals surface area (Å²) >= 11 is 1.45. The highest BCUT2D eigenvalue weighted by molar-refractivity contribution is 7.16. The summed E-state index contributed by atoms with van der Waals surface area (Å²) in [5.74, 6) is 0.235. The zero-order valence-corrected chi connectivity index (χ0v) is 18.1. The number of hydrogen-bond donors (Lipinski definition) is 1. The first-order valence-corrected chi connectivity index (χ1v) is 11.3. The molecule has 1 aliphatic heterocycles. The van der Waals surface area contributed by atoms with Gasteiger partial charge in [0.15, 0.2) is 0 Å². The Hall–Kier alpha value is -2.18. The van der Waals surface area contributed by atoms with Crippen molar-refractivity contribution in [2.45, 2.75) is 39.5 Å². The summed E-state index contributed by atoms with van der Waals surface area (Å²) in [7, 11) is 0. The maximum absolute atomic E-state index is 12.6. The zero-order valence-electron chi connectivity index (χ0n) is 17.3. The number of piperidine rings is 1. The van der Waals surface area contributed by atoms with E-state index in [9.17, 15) is 9.59 Å². The largest absolute Gasteiger partial charge is 0.462 e. The minimum atomic E-state index is -0.375. The fourth-order valence-electron chi connectivity index (χ4n) is 3.73. The molecular formula is C23H30N2O3S. The summed E-state index contributed by atoms with van der Waals surface area (Å²) in [4.78, 5) is 28.0. The van der Waals surface area contributed by atoms with Crippen LogP contribution in [-0.2, 0) is 22.4 Å². The maximum atomic E-state index is 12.6. The Balaban J connectivity index is 1.50. The Morgan fingerprint density at radius 1 is 1.17 bits per heavy atom. The van der Waals surface area contributed by atoms with Crippen molar-refractivity contribution in [3.63, 3.8) is 0 Å². The topological polar surface area (TPSA) is 58.6 Å². The predicted molar refractivity (Wildman–Crippen MR) is 118 cm³/mol. The Labute approximate surface area is 177 Å².